The van der Waals surface area contributed by atoms with Gasteiger partial charge in [-0.05, 0) is 75.8 Å². The number of fused-ring (bicyclic) bond motifs is 4. The van der Waals surface area contributed by atoms with Crippen molar-refractivity contribution in [2.24, 2.45) is 5.92 Å². The molecule has 0 spiro atoms. The quantitative estimate of drug-likeness (QED) is 0.289. The van der Waals surface area contributed by atoms with Crippen LogP contribution in [0, 0.1) is 17.8 Å². The molecule has 2 unspecified atom stereocenters. The van der Waals surface area contributed by atoms with Crippen molar-refractivity contribution in [1.82, 2.24) is 9.47 Å². The van der Waals surface area contributed by atoms with Gasteiger partial charge in [0.05, 0.1) is 37.6 Å². The standard InChI is InChI=1S/C35H43F3N4O5/c1-34(2,3)47-33(43)41-15-12-30-25(23-41)13-16-44-17-18-45-19-20-46-28-9-4-7-26(21-28)39-14-6-8-27-22-29-31(40-30)10-5-11-32(29)42(27)24-35(36,37)38/h4-5,7,9-11,21-22,25,30,39-40H,12-20,23-24H2,1-3H3. The van der Waals surface area contributed by atoms with E-state index in [4.69, 9.17) is 18.9 Å². The highest BCUT2D eigenvalue weighted by atomic mass is 19.4. The number of carbonyl (C=O) groups is 1. The summed E-state index contributed by atoms with van der Waals surface area (Å²) in [5, 5.41) is 7.47. The molecule has 1 saturated heterocycles. The monoisotopic (exact) mass is 656 g/mol. The third kappa shape index (κ3) is 9.95. The number of nitrogens with one attached hydrogen (secondary N) is 2. The van der Waals surface area contributed by atoms with Crippen molar-refractivity contribution in [1.29, 1.82) is 0 Å². The predicted octanol–water partition coefficient (Wildman–Crippen LogP) is 6.52. The van der Waals surface area contributed by atoms with Crippen molar-refractivity contribution in [3.63, 3.8) is 0 Å². The van der Waals surface area contributed by atoms with E-state index in [2.05, 4.69) is 22.5 Å². The molecule has 5 rings (SSSR count). The Morgan fingerprint density at radius 2 is 1.77 bits per heavy atom. The summed E-state index contributed by atoms with van der Waals surface area (Å²) in [6.45, 7) is 7.57. The van der Waals surface area contributed by atoms with Crippen LogP contribution in [0.2, 0.25) is 0 Å². The van der Waals surface area contributed by atoms with Crippen LogP contribution in [0.15, 0.2) is 48.5 Å². The fourth-order valence-electron chi connectivity index (χ4n) is 5.82. The molecular weight excluding hydrogens is 613 g/mol. The third-order valence-electron chi connectivity index (χ3n) is 7.94. The molecule has 2 aromatic carbocycles. The van der Waals surface area contributed by atoms with E-state index in [1.54, 1.807) is 23.1 Å². The molecule has 254 valence electrons. The van der Waals surface area contributed by atoms with Crippen LogP contribution >= 0.6 is 0 Å². The lowest BCUT2D eigenvalue weighted by Crippen LogP contribution is -2.50. The van der Waals surface area contributed by atoms with E-state index in [1.165, 1.54) is 4.57 Å². The van der Waals surface area contributed by atoms with Gasteiger partial charge in [0.15, 0.2) is 0 Å². The van der Waals surface area contributed by atoms with Gasteiger partial charge in [-0.3, -0.25) is 0 Å². The highest BCUT2D eigenvalue weighted by Crippen LogP contribution is 2.33. The van der Waals surface area contributed by atoms with Gasteiger partial charge >= 0.3 is 12.3 Å². The van der Waals surface area contributed by atoms with Crippen molar-refractivity contribution in [2.45, 2.75) is 58.0 Å². The van der Waals surface area contributed by atoms with Gasteiger partial charge in [-0.15, -0.1) is 0 Å². The highest BCUT2D eigenvalue weighted by molar-refractivity contribution is 5.94. The number of benzene rings is 2. The van der Waals surface area contributed by atoms with Crippen molar-refractivity contribution >= 4 is 28.4 Å². The Labute approximate surface area is 273 Å². The van der Waals surface area contributed by atoms with Crippen LogP contribution in [0.5, 0.6) is 5.75 Å². The number of anilines is 2. The first-order chi connectivity index (χ1) is 22.4. The van der Waals surface area contributed by atoms with Crippen LogP contribution in [0.3, 0.4) is 0 Å². The van der Waals surface area contributed by atoms with E-state index in [0.29, 0.717) is 75.6 Å². The Morgan fingerprint density at radius 3 is 2.55 bits per heavy atom. The summed E-state index contributed by atoms with van der Waals surface area (Å²) >= 11 is 0. The second kappa shape index (κ2) is 15.2. The molecule has 1 fully saturated rings. The molecule has 4 bridgehead atoms. The van der Waals surface area contributed by atoms with E-state index in [1.807, 2.05) is 51.1 Å². The Hall–Kier alpha value is -4.08. The van der Waals surface area contributed by atoms with Gasteiger partial charge in [-0.1, -0.05) is 18.1 Å². The van der Waals surface area contributed by atoms with Gasteiger partial charge in [0.2, 0.25) is 0 Å². The molecule has 0 radical (unpaired) electrons. The fraction of sp³-hybridized carbons (Fsp3) is 0.514. The van der Waals surface area contributed by atoms with Crippen LogP contribution in [0.1, 0.15) is 39.3 Å². The molecule has 9 nitrogen and oxygen atoms in total. The Bertz CT molecular complexity index is 1570. The molecule has 0 saturated carbocycles. The summed E-state index contributed by atoms with van der Waals surface area (Å²) in [4.78, 5) is 14.7. The molecule has 2 N–H and O–H groups in total. The fourth-order valence-corrected chi connectivity index (χ4v) is 5.82. The maximum absolute atomic E-state index is 13.8. The average molecular weight is 657 g/mol. The lowest BCUT2D eigenvalue weighted by Gasteiger charge is -2.40. The number of likely N-dealkylation sites (tertiary alicyclic amines) is 1. The maximum Gasteiger partial charge on any atom is 0.410 e. The zero-order valence-corrected chi connectivity index (χ0v) is 27.1. The van der Waals surface area contributed by atoms with Crippen LogP contribution < -0.4 is 15.4 Å². The first-order valence-electron chi connectivity index (χ1n) is 16.0. The van der Waals surface area contributed by atoms with Gasteiger partial charge in [-0.25, -0.2) is 4.79 Å². The second-order valence-corrected chi connectivity index (χ2v) is 12.7. The maximum atomic E-state index is 13.8. The summed E-state index contributed by atoms with van der Waals surface area (Å²) in [5.74, 6) is 6.61. The van der Waals surface area contributed by atoms with E-state index in [9.17, 15) is 18.0 Å². The van der Waals surface area contributed by atoms with E-state index >= 15 is 0 Å². The van der Waals surface area contributed by atoms with Gasteiger partial charge < -0.3 is 39.0 Å². The first-order valence-corrected chi connectivity index (χ1v) is 16.0. The van der Waals surface area contributed by atoms with Gasteiger partial charge in [0.1, 0.15) is 24.5 Å². The summed E-state index contributed by atoms with van der Waals surface area (Å²) < 4.78 is 65.6. The number of halogens is 3. The lowest BCUT2D eigenvalue weighted by atomic mass is 9.89. The SMILES string of the molecule is CC(C)(C)OC(=O)N1CCC2Nc3cccc4c3cc(n4CC(F)(F)F)C#CCNc3cccc(c3)OCCOCCOCCC2C1. The molecule has 2 aliphatic rings. The number of piperidine rings is 1. The summed E-state index contributed by atoms with van der Waals surface area (Å²) in [6.07, 6.45) is -3.51. The van der Waals surface area contributed by atoms with Crippen LogP contribution in [-0.2, 0) is 20.8 Å². The minimum Gasteiger partial charge on any atom is -0.491 e. The molecule has 12 heteroatoms. The topological polar surface area (TPSA) is 86.2 Å². The average Bonchev–Trinajstić information content (AvgIpc) is 3.34. The van der Waals surface area contributed by atoms with Gasteiger partial charge in [-0.2, -0.15) is 13.2 Å². The van der Waals surface area contributed by atoms with Crippen LogP contribution in [0.4, 0.5) is 29.3 Å². The van der Waals surface area contributed by atoms with E-state index < -0.39 is 18.3 Å². The molecule has 1 amide bonds. The molecule has 3 heterocycles. The zero-order chi connectivity index (χ0) is 33.4. The Balaban J connectivity index is 1.44. The molecular formula is C35H43F3N4O5. The highest BCUT2D eigenvalue weighted by Gasteiger charge is 2.34. The van der Waals surface area contributed by atoms with Gasteiger partial charge in [0.25, 0.3) is 0 Å². The zero-order valence-electron chi connectivity index (χ0n) is 27.1. The van der Waals surface area contributed by atoms with Crippen molar-refractivity contribution < 1.29 is 36.9 Å². The minimum atomic E-state index is -4.43. The molecule has 0 aliphatic carbocycles. The van der Waals surface area contributed by atoms with Crippen molar-refractivity contribution in [3.8, 4) is 17.6 Å². The summed E-state index contributed by atoms with van der Waals surface area (Å²) in [5.41, 5.74) is 1.59. The molecule has 3 aromatic rings. The summed E-state index contributed by atoms with van der Waals surface area (Å²) in [6, 6.07) is 14.4. The smallest absolute Gasteiger partial charge is 0.410 e. The second-order valence-electron chi connectivity index (χ2n) is 12.7. The number of aromatic nitrogens is 1. The minimum absolute atomic E-state index is 0.0000373. The van der Waals surface area contributed by atoms with Crippen LogP contribution in [-0.4, -0.2) is 86.0 Å². The number of hydrogen-bond acceptors (Lipinski definition) is 7. The predicted molar refractivity (Wildman–Crippen MR) is 175 cm³/mol. The molecule has 1 aromatic heterocycles. The van der Waals surface area contributed by atoms with Crippen molar-refractivity contribution in [3.05, 3.63) is 54.2 Å². The van der Waals surface area contributed by atoms with Crippen molar-refractivity contribution in [2.75, 3.05) is 63.3 Å². The number of hydrogen-bond donors (Lipinski definition) is 2. The number of amides is 1. The number of alkyl halides is 3. The largest absolute Gasteiger partial charge is 0.491 e. The summed E-state index contributed by atoms with van der Waals surface area (Å²) in [7, 11) is 0. The molecule has 47 heavy (non-hydrogen) atoms. The number of ether oxygens (including phenoxy) is 4. The normalized spacial score (nSPS) is 20.2. The first kappa shape index (κ1) is 34.3. The lowest BCUT2D eigenvalue weighted by molar-refractivity contribution is -0.140. The molecule has 2 aliphatic heterocycles. The van der Waals surface area contributed by atoms with Crippen LogP contribution in [0.25, 0.3) is 10.9 Å². The third-order valence-corrected chi connectivity index (χ3v) is 7.94. The Morgan fingerprint density at radius 1 is 1.00 bits per heavy atom. The van der Waals surface area contributed by atoms with E-state index in [-0.39, 0.29) is 30.3 Å². The molecule has 2 atom stereocenters. The number of carbonyl (C=O) groups excluding carboxylic acids is 1. The number of rotatable bonds is 1. The Kier molecular flexibility index (Phi) is 11.1. The number of nitrogens with zero attached hydrogens (tertiary/aromatic N) is 2. The van der Waals surface area contributed by atoms with Gasteiger partial charge in [0, 0.05) is 48.6 Å². The van der Waals surface area contributed by atoms with E-state index in [0.717, 1.165) is 11.4 Å².